The maximum atomic E-state index is 10.7. The Kier molecular flexibility index (Phi) is 1.55. The van der Waals surface area contributed by atoms with E-state index in [0.29, 0.717) is 5.56 Å². The Balaban J connectivity index is 2.79. The van der Waals surface area contributed by atoms with Crippen LogP contribution in [0.25, 0.3) is 10.1 Å². The van der Waals surface area contributed by atoms with Crippen molar-refractivity contribution < 1.29 is 14.9 Å². The lowest BCUT2D eigenvalue weighted by Crippen LogP contribution is -2.00. The molecule has 0 aromatic carbocycles. The monoisotopic (exact) mass is 180 g/mol. The van der Waals surface area contributed by atoms with Gasteiger partial charge in [-0.1, -0.05) is 0 Å². The Bertz CT molecular complexity index is 435. The van der Waals surface area contributed by atoms with E-state index in [4.69, 9.17) is 5.11 Å². The molecule has 2 heterocycles. The zero-order valence-corrected chi connectivity index (χ0v) is 6.89. The van der Waals surface area contributed by atoms with Crippen molar-refractivity contribution in [3.05, 3.63) is 29.4 Å². The molecule has 12 heavy (non-hydrogen) atoms. The van der Waals surface area contributed by atoms with Crippen LogP contribution < -0.4 is 4.98 Å². The molecule has 0 bridgehead atoms. The molecule has 60 valence electrons. The van der Waals surface area contributed by atoms with Crippen LogP contribution in [0.4, 0.5) is 0 Å². The second-order valence-corrected chi connectivity index (χ2v) is 3.29. The summed E-state index contributed by atoms with van der Waals surface area (Å²) in [4.78, 5) is 13.5. The number of carboxylic acid groups (broad SMARTS) is 1. The van der Waals surface area contributed by atoms with E-state index in [9.17, 15) is 4.79 Å². The molecule has 0 radical (unpaired) electrons. The van der Waals surface area contributed by atoms with Gasteiger partial charge in [0.25, 0.3) is 0 Å². The number of carbonyl (C=O) groups is 1. The number of aromatic amines is 1. The van der Waals surface area contributed by atoms with Crippen LogP contribution in [0.5, 0.6) is 0 Å². The van der Waals surface area contributed by atoms with Gasteiger partial charge >= 0.3 is 5.97 Å². The highest BCUT2D eigenvalue weighted by molar-refractivity contribution is 7.17. The number of aromatic nitrogens is 1. The number of H-pyrrole nitrogens is 1. The first-order chi connectivity index (χ1) is 5.79. The molecule has 2 aromatic rings. The van der Waals surface area contributed by atoms with E-state index in [1.54, 1.807) is 17.8 Å². The summed E-state index contributed by atoms with van der Waals surface area (Å²) in [5, 5.41) is 11.2. The summed E-state index contributed by atoms with van der Waals surface area (Å²) < 4.78 is 0.992. The Morgan fingerprint density at radius 2 is 2.42 bits per heavy atom. The van der Waals surface area contributed by atoms with Gasteiger partial charge in [0.05, 0.1) is 10.9 Å². The third-order valence-corrected chi connectivity index (χ3v) is 2.61. The van der Waals surface area contributed by atoms with E-state index in [0.717, 1.165) is 10.1 Å². The van der Waals surface area contributed by atoms with Gasteiger partial charge in [0.15, 0.2) is 12.4 Å². The number of pyridine rings is 1. The van der Waals surface area contributed by atoms with Crippen LogP contribution >= 0.6 is 11.3 Å². The number of aromatic carboxylic acids is 1. The van der Waals surface area contributed by atoms with Gasteiger partial charge in [-0.05, 0) is 0 Å². The van der Waals surface area contributed by atoms with Gasteiger partial charge in [-0.25, -0.2) is 9.78 Å². The third kappa shape index (κ3) is 0.967. The van der Waals surface area contributed by atoms with E-state index >= 15 is 0 Å². The smallest absolute Gasteiger partial charge is 0.337 e. The van der Waals surface area contributed by atoms with Crippen molar-refractivity contribution >= 4 is 27.4 Å². The van der Waals surface area contributed by atoms with Gasteiger partial charge in [-0.15, -0.1) is 11.3 Å². The van der Waals surface area contributed by atoms with Crippen molar-refractivity contribution in [1.29, 1.82) is 0 Å². The van der Waals surface area contributed by atoms with E-state index < -0.39 is 5.97 Å². The maximum Gasteiger partial charge on any atom is 0.337 e. The second kappa shape index (κ2) is 2.57. The molecule has 4 heteroatoms. The lowest BCUT2D eigenvalue weighted by Gasteiger charge is -1.85. The van der Waals surface area contributed by atoms with Gasteiger partial charge in [0.1, 0.15) is 0 Å². The highest BCUT2D eigenvalue weighted by atomic mass is 32.1. The lowest BCUT2D eigenvalue weighted by molar-refractivity contribution is -0.375. The minimum absolute atomic E-state index is 0.367. The summed E-state index contributed by atoms with van der Waals surface area (Å²) in [5.74, 6) is -0.874. The van der Waals surface area contributed by atoms with Crippen molar-refractivity contribution in [3.63, 3.8) is 0 Å². The molecule has 2 N–H and O–H groups in total. The van der Waals surface area contributed by atoms with Crippen molar-refractivity contribution in [1.82, 2.24) is 0 Å². The largest absolute Gasteiger partial charge is 0.478 e. The summed E-state index contributed by atoms with van der Waals surface area (Å²) in [6.45, 7) is 0. The minimum Gasteiger partial charge on any atom is -0.478 e. The average Bonchev–Trinajstić information content (AvgIpc) is 2.47. The number of thiophene rings is 1. The zero-order chi connectivity index (χ0) is 8.55. The first-order valence-electron chi connectivity index (χ1n) is 3.39. The van der Waals surface area contributed by atoms with Gasteiger partial charge in [-0.3, -0.25) is 0 Å². The minimum atomic E-state index is -0.874. The topological polar surface area (TPSA) is 51.4 Å². The van der Waals surface area contributed by atoms with Gasteiger partial charge in [0.2, 0.25) is 0 Å². The molecule has 2 rings (SSSR count). The predicted octanol–water partition coefficient (Wildman–Crippen LogP) is 1.41. The van der Waals surface area contributed by atoms with Crippen LogP contribution in [0.1, 0.15) is 10.4 Å². The summed E-state index contributed by atoms with van der Waals surface area (Å²) in [7, 11) is 0. The van der Waals surface area contributed by atoms with E-state index in [2.05, 4.69) is 4.98 Å². The van der Waals surface area contributed by atoms with Crippen molar-refractivity contribution in [3.8, 4) is 0 Å². The molecule has 0 saturated carbocycles. The predicted molar refractivity (Wildman–Crippen MR) is 45.3 cm³/mol. The van der Waals surface area contributed by atoms with Crippen LogP contribution in [0.2, 0.25) is 0 Å². The number of rotatable bonds is 1. The summed E-state index contributed by atoms with van der Waals surface area (Å²) >= 11 is 1.44. The van der Waals surface area contributed by atoms with Gasteiger partial charge < -0.3 is 5.11 Å². The molecule has 0 unspecified atom stereocenters. The molecule has 3 nitrogen and oxygen atoms in total. The Morgan fingerprint density at radius 1 is 1.58 bits per heavy atom. The molecule has 0 aliphatic rings. The molecular weight excluding hydrogens is 174 g/mol. The molecular formula is C8H6NO2S+. The molecule has 0 atom stereocenters. The second-order valence-electron chi connectivity index (χ2n) is 2.38. The number of fused-ring (bicyclic) bond motifs is 1. The highest BCUT2D eigenvalue weighted by Crippen LogP contribution is 2.23. The number of hydrogen-bond acceptors (Lipinski definition) is 2. The van der Waals surface area contributed by atoms with Crippen molar-refractivity contribution in [2.45, 2.75) is 0 Å². The average molecular weight is 180 g/mol. The summed E-state index contributed by atoms with van der Waals surface area (Å²) in [5.41, 5.74) is 0.367. The summed E-state index contributed by atoms with van der Waals surface area (Å²) in [6.07, 6.45) is 3.49. The standard InChI is InChI=1S/C8H5NO2S/c10-8(11)6-4-12-7-1-2-9-3-5(6)7/h1-4H,(H,10,11)/p+1. The maximum absolute atomic E-state index is 10.7. The van der Waals surface area contributed by atoms with E-state index in [1.165, 1.54) is 11.3 Å². The van der Waals surface area contributed by atoms with Crippen LogP contribution in [-0.2, 0) is 0 Å². The normalized spacial score (nSPS) is 10.3. The highest BCUT2D eigenvalue weighted by Gasteiger charge is 2.11. The molecule has 2 aromatic heterocycles. The van der Waals surface area contributed by atoms with E-state index in [1.807, 2.05) is 6.07 Å². The Hall–Kier alpha value is -1.42. The van der Waals surface area contributed by atoms with Crippen LogP contribution in [0.3, 0.4) is 0 Å². The lowest BCUT2D eigenvalue weighted by atomic mass is 10.2. The van der Waals surface area contributed by atoms with Gasteiger partial charge in [0, 0.05) is 16.1 Å². The molecule has 0 spiro atoms. The Labute approximate surface area is 72.3 Å². The molecule has 0 aliphatic heterocycles. The SMILES string of the molecule is O=C(O)c1csc2cc[nH+]cc12. The Morgan fingerprint density at radius 3 is 3.17 bits per heavy atom. The zero-order valence-electron chi connectivity index (χ0n) is 6.07. The fraction of sp³-hybridized carbons (Fsp3) is 0. The molecule has 0 fully saturated rings. The van der Waals surface area contributed by atoms with Crippen LogP contribution in [-0.4, -0.2) is 11.1 Å². The molecule has 0 amide bonds. The fourth-order valence-electron chi connectivity index (χ4n) is 1.08. The summed E-state index contributed by atoms with van der Waals surface area (Å²) in [6, 6.07) is 1.87. The van der Waals surface area contributed by atoms with Crippen LogP contribution in [0.15, 0.2) is 23.8 Å². The first kappa shape index (κ1) is 7.24. The van der Waals surface area contributed by atoms with Crippen molar-refractivity contribution in [2.75, 3.05) is 0 Å². The third-order valence-electron chi connectivity index (χ3n) is 1.65. The molecule has 0 aliphatic carbocycles. The van der Waals surface area contributed by atoms with Gasteiger partial charge in [-0.2, -0.15) is 0 Å². The number of nitrogens with one attached hydrogen (secondary N) is 1. The van der Waals surface area contributed by atoms with Crippen LogP contribution in [0, 0.1) is 0 Å². The molecule has 0 saturated heterocycles. The van der Waals surface area contributed by atoms with Crippen molar-refractivity contribution in [2.24, 2.45) is 0 Å². The first-order valence-corrected chi connectivity index (χ1v) is 4.27. The number of hydrogen-bond donors (Lipinski definition) is 1. The number of carboxylic acids is 1. The quantitative estimate of drug-likeness (QED) is 0.721. The fourth-order valence-corrected chi connectivity index (χ4v) is 2.00. The van der Waals surface area contributed by atoms with E-state index in [-0.39, 0.29) is 0 Å².